The van der Waals surface area contributed by atoms with Crippen LogP contribution in [0.3, 0.4) is 0 Å². The first-order chi connectivity index (χ1) is 14.9. The molecule has 0 heteroatoms. The average Bonchev–Trinajstić information content (AvgIpc) is 2.82. The third-order valence-electron chi connectivity index (χ3n) is 4.93. The van der Waals surface area contributed by atoms with Gasteiger partial charge in [-0.3, -0.25) is 0 Å². The van der Waals surface area contributed by atoms with Crippen LogP contribution in [-0.4, -0.2) is 0 Å². The molecule has 0 spiro atoms. The Bertz CT molecular complexity index is 1130. The van der Waals surface area contributed by atoms with Gasteiger partial charge in [0.2, 0.25) is 0 Å². The molecule has 0 heterocycles. The molecule has 0 unspecified atom stereocenters. The van der Waals surface area contributed by atoms with Crippen LogP contribution < -0.4 is 0 Å². The van der Waals surface area contributed by atoms with Gasteiger partial charge in [-0.25, -0.2) is 0 Å². The predicted molar refractivity (Wildman–Crippen MR) is 125 cm³/mol. The van der Waals surface area contributed by atoms with Gasteiger partial charge in [-0.2, -0.15) is 0 Å². The molecule has 4 rings (SSSR count). The van der Waals surface area contributed by atoms with Crippen molar-refractivity contribution in [3.05, 3.63) is 143 Å². The van der Waals surface area contributed by atoms with Crippen LogP contribution in [0.1, 0.15) is 33.4 Å². The number of benzene rings is 4. The van der Waals surface area contributed by atoms with Crippen LogP contribution in [0.5, 0.6) is 0 Å². The van der Waals surface area contributed by atoms with Crippen LogP contribution in [0.25, 0.3) is 0 Å². The first-order valence-electron chi connectivity index (χ1n) is 10.2. The fraction of sp³-hybridized carbons (Fsp3) is 0.0667. The van der Waals surface area contributed by atoms with Gasteiger partial charge >= 0.3 is 0 Å². The molecule has 0 aliphatic rings. The molecule has 0 aliphatic heterocycles. The minimum Gasteiger partial charge on any atom is -0.0622 e. The van der Waals surface area contributed by atoms with Gasteiger partial charge in [-0.05, 0) is 60.4 Å². The lowest BCUT2D eigenvalue weighted by Crippen LogP contribution is -1.97. The molecule has 0 bridgehead atoms. The molecule has 0 amide bonds. The van der Waals surface area contributed by atoms with E-state index in [1.807, 2.05) is 60.7 Å². The minimum atomic E-state index is 0.934. The van der Waals surface area contributed by atoms with E-state index < -0.39 is 0 Å². The van der Waals surface area contributed by atoms with E-state index >= 15 is 0 Å². The topological polar surface area (TPSA) is 0 Å². The largest absolute Gasteiger partial charge is 0.0622 e. The molecule has 0 saturated heterocycles. The second kappa shape index (κ2) is 9.97. The molecular weight excluding hydrogens is 360 g/mol. The molecule has 4 aromatic rings. The highest BCUT2D eigenvalue weighted by molar-refractivity contribution is 5.49. The van der Waals surface area contributed by atoms with E-state index in [0.29, 0.717) is 0 Å². The van der Waals surface area contributed by atoms with Gasteiger partial charge in [-0.1, -0.05) is 96.5 Å². The molecule has 4 aromatic carbocycles. The summed E-state index contributed by atoms with van der Waals surface area (Å²) in [7, 11) is 0. The fourth-order valence-electron chi connectivity index (χ4n) is 3.31. The molecule has 30 heavy (non-hydrogen) atoms. The van der Waals surface area contributed by atoms with Gasteiger partial charge < -0.3 is 0 Å². The molecule has 0 saturated carbocycles. The Kier molecular flexibility index (Phi) is 6.42. The van der Waals surface area contributed by atoms with E-state index in [0.717, 1.165) is 35.1 Å². The summed E-state index contributed by atoms with van der Waals surface area (Å²) in [6.07, 6.45) is 1.87. The zero-order valence-electron chi connectivity index (χ0n) is 16.8. The smallest absolute Gasteiger partial charge is 0.0281 e. The van der Waals surface area contributed by atoms with Gasteiger partial charge in [0, 0.05) is 22.3 Å². The first kappa shape index (κ1) is 19.3. The second-order valence-corrected chi connectivity index (χ2v) is 7.05. The third kappa shape index (κ3) is 5.29. The highest BCUT2D eigenvalue weighted by Gasteiger charge is 2.03. The van der Waals surface area contributed by atoms with Crippen molar-refractivity contribution in [2.24, 2.45) is 0 Å². The molecule has 0 aromatic heterocycles. The SMILES string of the molecule is C(#Cc1ccccc1CCc1ccccc1C#Cc1ccccc1)c1ccccc1. The van der Waals surface area contributed by atoms with Crippen molar-refractivity contribution >= 4 is 0 Å². The van der Waals surface area contributed by atoms with Crippen molar-refractivity contribution in [1.82, 2.24) is 0 Å². The summed E-state index contributed by atoms with van der Waals surface area (Å²) in [6, 6.07) is 37.1. The van der Waals surface area contributed by atoms with Crippen molar-refractivity contribution in [2.75, 3.05) is 0 Å². The van der Waals surface area contributed by atoms with Crippen molar-refractivity contribution in [2.45, 2.75) is 12.8 Å². The molecule has 0 fully saturated rings. The second-order valence-electron chi connectivity index (χ2n) is 7.05. The van der Waals surface area contributed by atoms with Crippen LogP contribution >= 0.6 is 0 Å². The van der Waals surface area contributed by atoms with Crippen LogP contribution in [-0.2, 0) is 12.8 Å². The lowest BCUT2D eigenvalue weighted by molar-refractivity contribution is 0.953. The number of hydrogen-bond acceptors (Lipinski definition) is 0. The van der Waals surface area contributed by atoms with Crippen LogP contribution in [0.2, 0.25) is 0 Å². The lowest BCUT2D eigenvalue weighted by atomic mass is 9.97. The van der Waals surface area contributed by atoms with Crippen molar-refractivity contribution in [3.63, 3.8) is 0 Å². The Morgan fingerprint density at radius 2 is 0.733 bits per heavy atom. The highest BCUT2D eigenvalue weighted by atomic mass is 14.1. The first-order valence-corrected chi connectivity index (χ1v) is 10.2. The number of hydrogen-bond donors (Lipinski definition) is 0. The number of rotatable bonds is 3. The summed E-state index contributed by atoms with van der Waals surface area (Å²) in [5.74, 6) is 13.3. The summed E-state index contributed by atoms with van der Waals surface area (Å²) >= 11 is 0. The van der Waals surface area contributed by atoms with Crippen molar-refractivity contribution < 1.29 is 0 Å². The zero-order valence-corrected chi connectivity index (χ0v) is 16.8. The van der Waals surface area contributed by atoms with Gasteiger partial charge in [0.05, 0.1) is 0 Å². The van der Waals surface area contributed by atoms with E-state index in [1.54, 1.807) is 0 Å². The molecule has 142 valence electrons. The molecule has 0 atom stereocenters. The van der Waals surface area contributed by atoms with E-state index in [9.17, 15) is 0 Å². The maximum atomic E-state index is 3.35. The maximum Gasteiger partial charge on any atom is 0.0281 e. The highest BCUT2D eigenvalue weighted by Crippen LogP contribution is 2.15. The van der Waals surface area contributed by atoms with Gasteiger partial charge in [0.15, 0.2) is 0 Å². The molecule has 0 N–H and O–H groups in total. The van der Waals surface area contributed by atoms with Crippen LogP contribution in [0, 0.1) is 23.7 Å². The standard InChI is InChI=1S/C30H22/c1-3-11-25(12-4-1)19-21-27-15-7-9-17-29(27)23-24-30-18-10-8-16-28(30)22-20-26-13-5-2-6-14-26/h1-18H,23-24H2. The van der Waals surface area contributed by atoms with Gasteiger partial charge in [0.25, 0.3) is 0 Å². The fourth-order valence-corrected chi connectivity index (χ4v) is 3.31. The summed E-state index contributed by atoms with van der Waals surface area (Å²) < 4.78 is 0. The zero-order chi connectivity index (χ0) is 20.4. The molecule has 0 aliphatic carbocycles. The average molecular weight is 383 g/mol. The Labute approximate surface area is 179 Å². The monoisotopic (exact) mass is 382 g/mol. The Morgan fingerprint density at radius 1 is 0.367 bits per heavy atom. The Balaban J connectivity index is 1.53. The molecule has 0 radical (unpaired) electrons. The van der Waals surface area contributed by atoms with Gasteiger partial charge in [0.1, 0.15) is 0 Å². The number of aryl methyl sites for hydroxylation is 2. The summed E-state index contributed by atoms with van der Waals surface area (Å²) in [5, 5.41) is 0. The lowest BCUT2D eigenvalue weighted by Gasteiger charge is -2.07. The third-order valence-corrected chi connectivity index (χ3v) is 4.93. The van der Waals surface area contributed by atoms with Crippen LogP contribution in [0.15, 0.2) is 109 Å². The van der Waals surface area contributed by atoms with E-state index in [1.165, 1.54) is 11.1 Å². The van der Waals surface area contributed by atoms with E-state index in [4.69, 9.17) is 0 Å². The van der Waals surface area contributed by atoms with Crippen molar-refractivity contribution in [1.29, 1.82) is 0 Å². The van der Waals surface area contributed by atoms with Gasteiger partial charge in [-0.15, -0.1) is 0 Å². The quantitative estimate of drug-likeness (QED) is 0.366. The summed E-state index contributed by atoms with van der Waals surface area (Å²) in [4.78, 5) is 0. The molecular formula is C30H22. The Hall–Kier alpha value is -4.00. The molecule has 0 nitrogen and oxygen atoms in total. The minimum absolute atomic E-state index is 0.934. The Morgan fingerprint density at radius 3 is 1.17 bits per heavy atom. The summed E-state index contributed by atoms with van der Waals surface area (Å²) in [5.41, 5.74) is 6.80. The van der Waals surface area contributed by atoms with Crippen LogP contribution in [0.4, 0.5) is 0 Å². The maximum absolute atomic E-state index is 3.35. The van der Waals surface area contributed by atoms with E-state index in [2.05, 4.69) is 72.2 Å². The van der Waals surface area contributed by atoms with E-state index in [-0.39, 0.29) is 0 Å². The normalized spacial score (nSPS) is 9.73. The van der Waals surface area contributed by atoms with Crippen molar-refractivity contribution in [3.8, 4) is 23.7 Å². The predicted octanol–water partition coefficient (Wildman–Crippen LogP) is 6.27. The summed E-state index contributed by atoms with van der Waals surface area (Å²) in [6.45, 7) is 0.